The van der Waals surface area contributed by atoms with Crippen molar-refractivity contribution in [1.29, 1.82) is 0 Å². The van der Waals surface area contributed by atoms with E-state index in [4.69, 9.17) is 9.47 Å². The van der Waals surface area contributed by atoms with Gasteiger partial charge in [0.25, 0.3) is 0 Å². The van der Waals surface area contributed by atoms with Crippen molar-refractivity contribution in [2.45, 2.75) is 39.2 Å². The minimum atomic E-state index is 0.366. The van der Waals surface area contributed by atoms with Crippen LogP contribution in [0.25, 0.3) is 0 Å². The molecule has 0 aliphatic carbocycles. The van der Waals surface area contributed by atoms with Crippen LogP contribution in [-0.4, -0.2) is 26.4 Å². The minimum absolute atomic E-state index is 0.366. The standard InChI is InChI=1S/C17H27NO2/c1-3-10-20-16-9-5-7-14(12-16)17(18-4-2)15-8-6-11-19-13-15/h5,7,9,12,15,17-18H,3-4,6,8,10-11,13H2,1-2H3. The Balaban J connectivity index is 2.10. The molecular weight excluding hydrogens is 250 g/mol. The summed E-state index contributed by atoms with van der Waals surface area (Å²) >= 11 is 0. The zero-order chi connectivity index (χ0) is 14.2. The molecule has 2 atom stereocenters. The Labute approximate surface area is 122 Å². The fourth-order valence-corrected chi connectivity index (χ4v) is 2.82. The van der Waals surface area contributed by atoms with Gasteiger partial charge in [-0.25, -0.2) is 0 Å². The molecule has 1 aliphatic rings. The Hall–Kier alpha value is -1.06. The molecule has 0 bridgehead atoms. The number of hydrogen-bond acceptors (Lipinski definition) is 3. The molecule has 1 aromatic rings. The summed E-state index contributed by atoms with van der Waals surface area (Å²) in [5, 5.41) is 3.62. The molecule has 1 aromatic carbocycles. The molecule has 2 rings (SSSR count). The lowest BCUT2D eigenvalue weighted by Gasteiger charge is -2.31. The van der Waals surface area contributed by atoms with E-state index in [1.54, 1.807) is 0 Å². The third kappa shape index (κ3) is 4.22. The summed E-state index contributed by atoms with van der Waals surface area (Å²) in [6.45, 7) is 7.81. The van der Waals surface area contributed by atoms with Crippen molar-refractivity contribution < 1.29 is 9.47 Å². The predicted molar refractivity (Wildman–Crippen MR) is 82.2 cm³/mol. The van der Waals surface area contributed by atoms with Crippen molar-refractivity contribution in [3.63, 3.8) is 0 Å². The Morgan fingerprint density at radius 3 is 3.00 bits per heavy atom. The molecule has 1 saturated heterocycles. The van der Waals surface area contributed by atoms with E-state index in [0.717, 1.165) is 38.5 Å². The quantitative estimate of drug-likeness (QED) is 0.826. The van der Waals surface area contributed by atoms with Crippen molar-refractivity contribution in [2.24, 2.45) is 5.92 Å². The van der Waals surface area contributed by atoms with Gasteiger partial charge in [0, 0.05) is 18.6 Å². The molecule has 1 N–H and O–H groups in total. The first-order chi connectivity index (χ1) is 9.85. The average Bonchev–Trinajstić information content (AvgIpc) is 2.52. The van der Waals surface area contributed by atoms with Crippen molar-refractivity contribution in [2.75, 3.05) is 26.4 Å². The van der Waals surface area contributed by atoms with E-state index >= 15 is 0 Å². The first kappa shape index (κ1) is 15.3. The largest absolute Gasteiger partial charge is 0.494 e. The van der Waals surface area contributed by atoms with Gasteiger partial charge in [-0.3, -0.25) is 0 Å². The molecule has 1 heterocycles. The molecule has 112 valence electrons. The number of benzene rings is 1. The molecule has 20 heavy (non-hydrogen) atoms. The van der Waals surface area contributed by atoms with Gasteiger partial charge in [-0.1, -0.05) is 26.0 Å². The van der Waals surface area contributed by atoms with Crippen LogP contribution in [0.5, 0.6) is 5.75 Å². The molecule has 0 aromatic heterocycles. The SMILES string of the molecule is CCCOc1cccc(C(NCC)C2CCCOC2)c1. The summed E-state index contributed by atoms with van der Waals surface area (Å²) in [4.78, 5) is 0. The normalized spacial score (nSPS) is 20.6. The third-order valence-corrected chi connectivity index (χ3v) is 3.78. The van der Waals surface area contributed by atoms with Gasteiger partial charge in [-0.05, 0) is 43.5 Å². The maximum Gasteiger partial charge on any atom is 0.119 e. The Kier molecular flexibility index (Phi) is 6.34. The predicted octanol–water partition coefficient (Wildman–Crippen LogP) is 3.55. The first-order valence-corrected chi connectivity index (χ1v) is 7.89. The summed E-state index contributed by atoms with van der Waals surface area (Å²) in [5.74, 6) is 1.54. The van der Waals surface area contributed by atoms with Gasteiger partial charge in [0.15, 0.2) is 0 Å². The lowest BCUT2D eigenvalue weighted by Crippen LogP contribution is -2.33. The van der Waals surface area contributed by atoms with E-state index in [2.05, 4.69) is 37.4 Å². The van der Waals surface area contributed by atoms with Gasteiger partial charge in [0.2, 0.25) is 0 Å². The molecule has 0 spiro atoms. The van der Waals surface area contributed by atoms with E-state index in [0.29, 0.717) is 12.0 Å². The fourth-order valence-electron chi connectivity index (χ4n) is 2.82. The zero-order valence-electron chi connectivity index (χ0n) is 12.7. The van der Waals surface area contributed by atoms with E-state index in [1.165, 1.54) is 18.4 Å². The summed E-state index contributed by atoms with van der Waals surface area (Å²) in [6, 6.07) is 8.87. The molecule has 0 amide bonds. The molecular formula is C17H27NO2. The second-order valence-electron chi connectivity index (χ2n) is 5.43. The van der Waals surface area contributed by atoms with Crippen molar-refractivity contribution in [1.82, 2.24) is 5.32 Å². The summed E-state index contributed by atoms with van der Waals surface area (Å²) < 4.78 is 11.4. The lowest BCUT2D eigenvalue weighted by molar-refractivity contribution is 0.0392. The van der Waals surface area contributed by atoms with Crippen molar-refractivity contribution in [3.8, 4) is 5.75 Å². The molecule has 1 aliphatic heterocycles. The topological polar surface area (TPSA) is 30.5 Å². The Morgan fingerprint density at radius 2 is 2.30 bits per heavy atom. The summed E-state index contributed by atoms with van der Waals surface area (Å²) in [7, 11) is 0. The highest BCUT2D eigenvalue weighted by Crippen LogP contribution is 2.30. The zero-order valence-corrected chi connectivity index (χ0v) is 12.7. The van der Waals surface area contributed by atoms with Gasteiger partial charge >= 0.3 is 0 Å². The summed E-state index contributed by atoms with van der Waals surface area (Å²) in [5.41, 5.74) is 1.32. The highest BCUT2D eigenvalue weighted by molar-refractivity contribution is 5.31. The number of rotatable bonds is 7. The molecule has 1 fully saturated rings. The fraction of sp³-hybridized carbons (Fsp3) is 0.647. The molecule has 2 unspecified atom stereocenters. The Morgan fingerprint density at radius 1 is 1.40 bits per heavy atom. The highest BCUT2D eigenvalue weighted by atomic mass is 16.5. The van der Waals surface area contributed by atoms with Gasteiger partial charge in [-0.15, -0.1) is 0 Å². The highest BCUT2D eigenvalue weighted by Gasteiger charge is 2.25. The van der Waals surface area contributed by atoms with Crippen LogP contribution in [0.3, 0.4) is 0 Å². The van der Waals surface area contributed by atoms with E-state index in [-0.39, 0.29) is 0 Å². The second-order valence-corrected chi connectivity index (χ2v) is 5.43. The molecule has 0 saturated carbocycles. The average molecular weight is 277 g/mol. The van der Waals surface area contributed by atoms with Crippen LogP contribution < -0.4 is 10.1 Å². The van der Waals surface area contributed by atoms with Crippen molar-refractivity contribution >= 4 is 0 Å². The van der Waals surface area contributed by atoms with Gasteiger partial charge in [0.1, 0.15) is 5.75 Å². The van der Waals surface area contributed by atoms with Crippen molar-refractivity contribution in [3.05, 3.63) is 29.8 Å². The van der Waals surface area contributed by atoms with Crippen LogP contribution in [0, 0.1) is 5.92 Å². The minimum Gasteiger partial charge on any atom is -0.494 e. The Bertz CT molecular complexity index is 388. The van der Waals surface area contributed by atoms with E-state index in [1.807, 2.05) is 6.07 Å². The second kappa shape index (κ2) is 8.28. The van der Waals surface area contributed by atoms with Crippen LogP contribution in [0.2, 0.25) is 0 Å². The van der Waals surface area contributed by atoms with Gasteiger partial charge in [0.05, 0.1) is 13.2 Å². The van der Waals surface area contributed by atoms with Crippen LogP contribution in [-0.2, 0) is 4.74 Å². The van der Waals surface area contributed by atoms with Gasteiger partial charge in [-0.2, -0.15) is 0 Å². The maximum atomic E-state index is 5.75. The molecule has 0 radical (unpaired) electrons. The number of nitrogens with one attached hydrogen (secondary N) is 1. The molecule has 3 nitrogen and oxygen atoms in total. The van der Waals surface area contributed by atoms with Gasteiger partial charge < -0.3 is 14.8 Å². The third-order valence-electron chi connectivity index (χ3n) is 3.78. The van der Waals surface area contributed by atoms with Crippen LogP contribution in [0.1, 0.15) is 44.7 Å². The number of hydrogen-bond donors (Lipinski definition) is 1. The van der Waals surface area contributed by atoms with Crippen LogP contribution in [0.4, 0.5) is 0 Å². The first-order valence-electron chi connectivity index (χ1n) is 7.89. The molecule has 3 heteroatoms. The van der Waals surface area contributed by atoms with Crippen LogP contribution >= 0.6 is 0 Å². The van der Waals surface area contributed by atoms with E-state index < -0.39 is 0 Å². The summed E-state index contributed by atoms with van der Waals surface area (Å²) in [6.07, 6.45) is 3.44. The smallest absolute Gasteiger partial charge is 0.119 e. The maximum absolute atomic E-state index is 5.75. The number of ether oxygens (including phenoxy) is 2. The van der Waals surface area contributed by atoms with E-state index in [9.17, 15) is 0 Å². The van der Waals surface area contributed by atoms with Crippen LogP contribution in [0.15, 0.2) is 24.3 Å². The lowest BCUT2D eigenvalue weighted by atomic mass is 9.88. The monoisotopic (exact) mass is 277 g/mol.